The van der Waals surface area contributed by atoms with Crippen molar-refractivity contribution < 1.29 is 14.6 Å². The second kappa shape index (κ2) is 11.4. The zero-order valence-electron chi connectivity index (χ0n) is 22.9. The van der Waals surface area contributed by atoms with E-state index in [1.165, 1.54) is 18.4 Å². The van der Waals surface area contributed by atoms with E-state index in [2.05, 4.69) is 29.3 Å². The maximum absolute atomic E-state index is 12.9. The number of aliphatic hydroxyl groups is 1. The third-order valence-corrected chi connectivity index (χ3v) is 8.83. The molecule has 0 aliphatic carbocycles. The molecule has 2 N–H and O–H groups in total. The third kappa shape index (κ3) is 6.64. The van der Waals surface area contributed by atoms with Gasteiger partial charge >= 0.3 is 6.03 Å². The van der Waals surface area contributed by atoms with Crippen LogP contribution in [0.15, 0.2) is 48.5 Å². The fourth-order valence-electron chi connectivity index (χ4n) is 6.97. The quantitative estimate of drug-likeness (QED) is 0.412. The van der Waals surface area contributed by atoms with E-state index in [0.717, 1.165) is 61.7 Å². The number of carbonyl (C=O) groups excluding carboxylic acids is 1. The maximum atomic E-state index is 12.9. The van der Waals surface area contributed by atoms with Crippen molar-refractivity contribution in [1.82, 2.24) is 9.80 Å². The molecule has 2 bridgehead atoms. The summed E-state index contributed by atoms with van der Waals surface area (Å²) in [6.07, 6.45) is 7.39. The molecule has 2 aromatic rings. The number of likely N-dealkylation sites (tertiary alicyclic amines) is 1. The van der Waals surface area contributed by atoms with Crippen molar-refractivity contribution in [3.63, 3.8) is 0 Å². The summed E-state index contributed by atoms with van der Waals surface area (Å²) in [5.74, 6) is 1.33. The number of amides is 2. The molecule has 5 rings (SSSR count). The van der Waals surface area contributed by atoms with Gasteiger partial charge in [-0.1, -0.05) is 23.7 Å². The molecule has 0 aromatic heterocycles. The number of hydrogen-bond donors (Lipinski definition) is 2. The minimum Gasteiger partial charge on any atom is -0.490 e. The first-order valence-electron chi connectivity index (χ1n) is 14.2. The molecule has 3 saturated heterocycles. The molecule has 2 aromatic carbocycles. The molecule has 2 amide bonds. The summed E-state index contributed by atoms with van der Waals surface area (Å²) in [5.41, 5.74) is 1.45. The largest absolute Gasteiger partial charge is 0.490 e. The predicted molar refractivity (Wildman–Crippen MR) is 153 cm³/mol. The third-order valence-electron chi connectivity index (χ3n) is 8.58. The number of benzene rings is 2. The van der Waals surface area contributed by atoms with Gasteiger partial charge in [0.15, 0.2) is 0 Å². The number of ether oxygens (including phenoxy) is 1. The average Bonchev–Trinajstić information content (AvgIpc) is 3.15. The van der Waals surface area contributed by atoms with E-state index in [0.29, 0.717) is 24.0 Å². The molecule has 38 heavy (non-hydrogen) atoms. The molecular formula is C31H42ClN3O3. The number of anilines is 1. The van der Waals surface area contributed by atoms with Gasteiger partial charge in [-0.05, 0) is 114 Å². The summed E-state index contributed by atoms with van der Waals surface area (Å²) in [4.78, 5) is 17.4. The Balaban J connectivity index is 1.09. The van der Waals surface area contributed by atoms with Crippen LogP contribution < -0.4 is 10.1 Å². The number of piperidine rings is 2. The first kappa shape index (κ1) is 27.3. The molecule has 3 aliphatic rings. The standard InChI is InChI=1S/C31H42ClN3O3/c1-21(20-31(2,3)37)35-26-10-11-27(35)19-29(18-26)38-28-12-8-25(9-13-28)33-30(36)34-16-14-23(15-17-34)22-4-6-24(32)7-5-22/h4-9,12-13,21,23,26-27,29,37H,10-11,14-20H2,1-3H3,(H,33,36)/t21?,26-,27+,29?. The Morgan fingerprint density at radius 1 is 1.03 bits per heavy atom. The Morgan fingerprint density at radius 2 is 1.63 bits per heavy atom. The van der Waals surface area contributed by atoms with Gasteiger partial charge in [-0.25, -0.2) is 4.79 Å². The van der Waals surface area contributed by atoms with E-state index in [1.807, 2.05) is 55.1 Å². The Morgan fingerprint density at radius 3 is 2.21 bits per heavy atom. The minimum absolute atomic E-state index is 0.0441. The van der Waals surface area contributed by atoms with E-state index < -0.39 is 5.60 Å². The lowest BCUT2D eigenvalue weighted by atomic mass is 9.89. The Bertz CT molecular complexity index is 1060. The van der Waals surface area contributed by atoms with E-state index in [-0.39, 0.29) is 12.1 Å². The summed E-state index contributed by atoms with van der Waals surface area (Å²) in [7, 11) is 0. The van der Waals surface area contributed by atoms with Gasteiger partial charge in [-0.3, -0.25) is 4.90 Å². The average molecular weight is 540 g/mol. The van der Waals surface area contributed by atoms with Crippen LogP contribution in [0.3, 0.4) is 0 Å². The maximum Gasteiger partial charge on any atom is 0.321 e. The Kier molecular flexibility index (Phi) is 8.22. The lowest BCUT2D eigenvalue weighted by Gasteiger charge is -2.43. The number of urea groups is 1. The fraction of sp³-hybridized carbons (Fsp3) is 0.581. The SMILES string of the molecule is CC(CC(C)(C)O)N1[C@@H]2CC[C@H]1CC(Oc1ccc(NC(=O)N3CCC(c4ccc(Cl)cc4)CC3)cc1)C2. The van der Waals surface area contributed by atoms with Crippen LogP contribution in [0.4, 0.5) is 10.5 Å². The van der Waals surface area contributed by atoms with Crippen molar-refractivity contribution in [1.29, 1.82) is 0 Å². The molecule has 6 nitrogen and oxygen atoms in total. The van der Waals surface area contributed by atoms with Crippen molar-refractivity contribution in [2.75, 3.05) is 18.4 Å². The zero-order chi connectivity index (χ0) is 26.9. The lowest BCUT2D eigenvalue weighted by Crippen LogP contribution is -2.51. The summed E-state index contributed by atoms with van der Waals surface area (Å²) in [6, 6.07) is 17.3. The molecule has 3 heterocycles. The van der Waals surface area contributed by atoms with E-state index in [4.69, 9.17) is 16.3 Å². The summed E-state index contributed by atoms with van der Waals surface area (Å²) >= 11 is 6.02. The van der Waals surface area contributed by atoms with Crippen molar-refractivity contribution in [3.05, 3.63) is 59.1 Å². The summed E-state index contributed by atoms with van der Waals surface area (Å²) in [5, 5.41) is 14.1. The van der Waals surface area contributed by atoms with Crippen LogP contribution in [0.5, 0.6) is 5.75 Å². The van der Waals surface area contributed by atoms with Crippen molar-refractivity contribution in [3.8, 4) is 5.75 Å². The normalized spacial score (nSPS) is 25.3. The number of fused-ring (bicyclic) bond motifs is 2. The van der Waals surface area contributed by atoms with Gasteiger partial charge in [0.05, 0.1) is 5.60 Å². The zero-order valence-corrected chi connectivity index (χ0v) is 23.7. The highest BCUT2D eigenvalue weighted by molar-refractivity contribution is 6.30. The van der Waals surface area contributed by atoms with Gasteiger partial charge in [0, 0.05) is 41.9 Å². The number of hydrogen-bond acceptors (Lipinski definition) is 4. The second-order valence-corrected chi connectivity index (χ2v) is 12.6. The first-order valence-corrected chi connectivity index (χ1v) is 14.6. The van der Waals surface area contributed by atoms with Crippen LogP contribution in [0.2, 0.25) is 5.02 Å². The Hall–Kier alpha value is -2.28. The van der Waals surface area contributed by atoms with E-state index in [1.54, 1.807) is 0 Å². The molecule has 0 saturated carbocycles. The molecule has 7 heteroatoms. The van der Waals surface area contributed by atoms with Gasteiger partial charge in [0.1, 0.15) is 11.9 Å². The van der Waals surface area contributed by atoms with E-state index in [9.17, 15) is 9.90 Å². The van der Waals surface area contributed by atoms with Gasteiger partial charge in [-0.2, -0.15) is 0 Å². The molecule has 3 aliphatic heterocycles. The van der Waals surface area contributed by atoms with Crippen LogP contribution in [-0.4, -0.2) is 63.9 Å². The van der Waals surface area contributed by atoms with Crippen LogP contribution >= 0.6 is 11.6 Å². The lowest BCUT2D eigenvalue weighted by molar-refractivity contribution is -0.0106. The van der Waals surface area contributed by atoms with Crippen molar-refractivity contribution in [2.45, 2.75) is 101 Å². The number of nitrogens with zero attached hydrogens (tertiary/aromatic N) is 2. The number of carbonyl (C=O) groups is 1. The van der Waals surface area contributed by atoms with Gasteiger partial charge in [0.2, 0.25) is 0 Å². The second-order valence-electron chi connectivity index (χ2n) is 12.2. The molecule has 2 unspecified atom stereocenters. The van der Waals surface area contributed by atoms with Crippen LogP contribution in [0.25, 0.3) is 0 Å². The highest BCUT2D eigenvalue weighted by Crippen LogP contribution is 2.40. The van der Waals surface area contributed by atoms with Crippen LogP contribution in [0.1, 0.15) is 77.2 Å². The summed E-state index contributed by atoms with van der Waals surface area (Å²) < 4.78 is 6.40. The molecule has 4 atom stereocenters. The smallest absolute Gasteiger partial charge is 0.321 e. The monoisotopic (exact) mass is 539 g/mol. The summed E-state index contributed by atoms with van der Waals surface area (Å²) in [6.45, 7) is 7.54. The van der Waals surface area contributed by atoms with Crippen molar-refractivity contribution >= 4 is 23.3 Å². The number of halogens is 1. The first-order chi connectivity index (χ1) is 18.1. The molecule has 0 spiro atoms. The highest BCUT2D eigenvalue weighted by atomic mass is 35.5. The van der Waals surface area contributed by atoms with Gasteiger partial charge in [0.25, 0.3) is 0 Å². The van der Waals surface area contributed by atoms with Crippen molar-refractivity contribution in [2.24, 2.45) is 0 Å². The Labute approximate surface area is 232 Å². The van der Waals surface area contributed by atoms with E-state index >= 15 is 0 Å². The fourth-order valence-corrected chi connectivity index (χ4v) is 7.10. The highest BCUT2D eigenvalue weighted by Gasteiger charge is 2.44. The predicted octanol–water partition coefficient (Wildman–Crippen LogP) is 6.68. The van der Waals surface area contributed by atoms with Gasteiger partial charge < -0.3 is 20.1 Å². The molecular weight excluding hydrogens is 498 g/mol. The number of rotatable bonds is 7. The molecule has 3 fully saturated rings. The van der Waals surface area contributed by atoms with Crippen LogP contribution in [-0.2, 0) is 0 Å². The van der Waals surface area contributed by atoms with Gasteiger partial charge in [-0.15, -0.1) is 0 Å². The molecule has 0 radical (unpaired) electrons. The topological polar surface area (TPSA) is 65.0 Å². The molecule has 206 valence electrons. The van der Waals surface area contributed by atoms with Crippen LogP contribution in [0, 0.1) is 0 Å². The minimum atomic E-state index is -0.642. The number of nitrogens with one attached hydrogen (secondary N) is 1.